The van der Waals surface area contributed by atoms with Gasteiger partial charge in [-0.05, 0) is 30.7 Å². The fourth-order valence-electron chi connectivity index (χ4n) is 1.55. The lowest BCUT2D eigenvalue weighted by atomic mass is 10.1. The number of rotatable bonds is 2. The molecule has 0 unspecified atom stereocenters. The summed E-state index contributed by atoms with van der Waals surface area (Å²) in [5.41, 5.74) is 2.73. The summed E-state index contributed by atoms with van der Waals surface area (Å²) in [6.45, 7) is 3.37. The van der Waals surface area contributed by atoms with Gasteiger partial charge < -0.3 is 5.32 Å². The smallest absolute Gasteiger partial charge is 0.222 e. The molecule has 0 aromatic carbocycles. The van der Waals surface area contributed by atoms with E-state index in [1.165, 1.54) is 6.92 Å². The maximum atomic E-state index is 11.0. The summed E-state index contributed by atoms with van der Waals surface area (Å²) in [6.07, 6.45) is 3.45. The number of carbonyl (C=O) groups excluding carboxylic acids is 1. The Morgan fingerprint density at radius 2 is 2.12 bits per heavy atom. The summed E-state index contributed by atoms with van der Waals surface area (Å²) in [7, 11) is 0. The summed E-state index contributed by atoms with van der Waals surface area (Å²) in [5, 5.41) is 2.68. The average Bonchev–Trinajstić information content (AvgIpc) is 2.32. The molecule has 1 amide bonds. The van der Waals surface area contributed by atoms with Gasteiger partial charge in [-0.2, -0.15) is 0 Å². The molecule has 0 spiro atoms. The Morgan fingerprint density at radius 1 is 1.29 bits per heavy atom. The molecule has 0 saturated heterocycles. The second-order valence-corrected chi connectivity index (χ2v) is 3.79. The minimum Gasteiger partial charge on any atom is -0.311 e. The fraction of sp³-hybridized carbons (Fsp3) is 0.154. The number of hydrogen-bond donors (Lipinski definition) is 1. The van der Waals surface area contributed by atoms with Gasteiger partial charge in [-0.15, -0.1) is 0 Å². The minimum atomic E-state index is -0.119. The first-order chi connectivity index (χ1) is 8.16. The quantitative estimate of drug-likeness (QED) is 0.857. The van der Waals surface area contributed by atoms with E-state index in [1.807, 2.05) is 31.2 Å². The molecule has 4 nitrogen and oxygen atoms in total. The van der Waals surface area contributed by atoms with Crippen LogP contribution in [0, 0.1) is 6.92 Å². The maximum Gasteiger partial charge on any atom is 0.222 e. The lowest BCUT2D eigenvalue weighted by molar-refractivity contribution is -0.114. The van der Waals surface area contributed by atoms with Crippen LogP contribution >= 0.6 is 0 Å². The van der Waals surface area contributed by atoms with E-state index in [0.29, 0.717) is 5.82 Å². The van der Waals surface area contributed by atoms with Crippen molar-refractivity contribution in [1.29, 1.82) is 0 Å². The van der Waals surface area contributed by atoms with Crippen molar-refractivity contribution < 1.29 is 4.79 Å². The van der Waals surface area contributed by atoms with Crippen molar-refractivity contribution in [2.45, 2.75) is 13.8 Å². The normalized spacial score (nSPS) is 10.0. The van der Waals surface area contributed by atoms with Crippen molar-refractivity contribution in [2.24, 2.45) is 0 Å². The van der Waals surface area contributed by atoms with Crippen LogP contribution in [0.1, 0.15) is 12.5 Å². The third kappa shape index (κ3) is 2.66. The van der Waals surface area contributed by atoms with Gasteiger partial charge in [-0.1, -0.05) is 6.07 Å². The number of nitrogens with zero attached hydrogens (tertiary/aromatic N) is 2. The molecular formula is C13H13N3O. The number of nitrogens with one attached hydrogen (secondary N) is 1. The number of carbonyl (C=O) groups is 1. The zero-order chi connectivity index (χ0) is 12.3. The Morgan fingerprint density at radius 3 is 2.71 bits per heavy atom. The van der Waals surface area contributed by atoms with Crippen molar-refractivity contribution in [3.05, 3.63) is 42.2 Å². The molecular weight excluding hydrogens is 214 g/mol. The zero-order valence-electron chi connectivity index (χ0n) is 9.77. The van der Waals surface area contributed by atoms with Crippen molar-refractivity contribution >= 4 is 11.7 Å². The predicted molar refractivity (Wildman–Crippen MR) is 66.5 cm³/mol. The van der Waals surface area contributed by atoms with E-state index in [2.05, 4.69) is 15.3 Å². The molecule has 0 fully saturated rings. The van der Waals surface area contributed by atoms with Gasteiger partial charge in [0.25, 0.3) is 0 Å². The van der Waals surface area contributed by atoms with E-state index >= 15 is 0 Å². The molecule has 86 valence electrons. The van der Waals surface area contributed by atoms with Crippen molar-refractivity contribution in [2.75, 3.05) is 5.32 Å². The number of pyridine rings is 2. The second-order valence-electron chi connectivity index (χ2n) is 3.79. The molecule has 2 aromatic heterocycles. The van der Waals surface area contributed by atoms with Gasteiger partial charge >= 0.3 is 0 Å². The largest absolute Gasteiger partial charge is 0.311 e. The summed E-state index contributed by atoms with van der Waals surface area (Å²) in [5.74, 6) is 0.475. The van der Waals surface area contributed by atoms with Crippen LogP contribution < -0.4 is 5.32 Å². The molecule has 2 rings (SSSR count). The highest BCUT2D eigenvalue weighted by atomic mass is 16.1. The Balaban J connectivity index is 2.34. The van der Waals surface area contributed by atoms with Crippen LogP contribution in [-0.2, 0) is 4.79 Å². The minimum absolute atomic E-state index is 0.119. The van der Waals surface area contributed by atoms with Gasteiger partial charge in [0.15, 0.2) is 0 Å². The molecule has 0 bridgehead atoms. The van der Waals surface area contributed by atoms with Crippen molar-refractivity contribution in [1.82, 2.24) is 9.97 Å². The third-order valence-corrected chi connectivity index (χ3v) is 2.33. The number of hydrogen-bond acceptors (Lipinski definition) is 3. The Bertz CT molecular complexity index is 538. The average molecular weight is 227 g/mol. The number of anilines is 1. The fourth-order valence-corrected chi connectivity index (χ4v) is 1.55. The molecule has 17 heavy (non-hydrogen) atoms. The molecule has 0 radical (unpaired) electrons. The zero-order valence-corrected chi connectivity index (χ0v) is 9.77. The Hall–Kier alpha value is -2.23. The Labute approximate surface area is 99.7 Å². The van der Waals surface area contributed by atoms with Gasteiger partial charge in [-0.3, -0.25) is 9.78 Å². The highest BCUT2D eigenvalue weighted by Gasteiger charge is 2.05. The van der Waals surface area contributed by atoms with Crippen LogP contribution in [0.25, 0.3) is 11.3 Å². The summed E-state index contributed by atoms with van der Waals surface area (Å²) >= 11 is 0. The molecule has 0 aliphatic rings. The van der Waals surface area contributed by atoms with Gasteiger partial charge in [-0.25, -0.2) is 4.98 Å². The van der Waals surface area contributed by atoms with Gasteiger partial charge in [0.2, 0.25) is 5.91 Å². The number of aryl methyl sites for hydroxylation is 1. The van der Waals surface area contributed by atoms with Gasteiger partial charge in [0.05, 0.1) is 5.69 Å². The van der Waals surface area contributed by atoms with E-state index in [0.717, 1.165) is 16.8 Å². The first-order valence-corrected chi connectivity index (χ1v) is 5.32. The Kier molecular flexibility index (Phi) is 3.14. The van der Waals surface area contributed by atoms with Gasteiger partial charge in [0, 0.05) is 24.9 Å². The summed E-state index contributed by atoms with van der Waals surface area (Å²) in [6, 6.07) is 7.68. The summed E-state index contributed by atoms with van der Waals surface area (Å²) < 4.78 is 0. The first kappa shape index (κ1) is 11.3. The lowest BCUT2D eigenvalue weighted by Crippen LogP contribution is -2.08. The van der Waals surface area contributed by atoms with Crippen LogP contribution in [0.2, 0.25) is 0 Å². The monoisotopic (exact) mass is 227 g/mol. The highest BCUT2D eigenvalue weighted by molar-refractivity contribution is 5.88. The van der Waals surface area contributed by atoms with Crippen LogP contribution in [0.15, 0.2) is 36.7 Å². The molecule has 2 aromatic rings. The molecule has 4 heteroatoms. The molecule has 0 aliphatic heterocycles. The van der Waals surface area contributed by atoms with E-state index in [4.69, 9.17) is 0 Å². The van der Waals surface area contributed by atoms with E-state index in [1.54, 1.807) is 12.4 Å². The van der Waals surface area contributed by atoms with E-state index in [-0.39, 0.29) is 5.91 Å². The molecule has 0 aliphatic carbocycles. The third-order valence-electron chi connectivity index (χ3n) is 2.33. The topological polar surface area (TPSA) is 54.9 Å². The number of aromatic nitrogens is 2. The predicted octanol–water partition coefficient (Wildman–Crippen LogP) is 2.41. The maximum absolute atomic E-state index is 11.0. The standard InChI is InChI=1S/C13H13N3O/c1-9-7-11(12-5-3-4-6-14-12)8-15-13(9)16-10(2)17/h3-8H,1-2H3,(H,15,16,17). The van der Waals surface area contributed by atoms with Gasteiger partial charge in [0.1, 0.15) is 5.82 Å². The summed E-state index contributed by atoms with van der Waals surface area (Å²) in [4.78, 5) is 19.4. The van der Waals surface area contributed by atoms with Crippen LogP contribution in [0.3, 0.4) is 0 Å². The highest BCUT2D eigenvalue weighted by Crippen LogP contribution is 2.20. The second kappa shape index (κ2) is 4.74. The molecule has 2 heterocycles. The van der Waals surface area contributed by atoms with E-state index in [9.17, 15) is 4.79 Å². The van der Waals surface area contributed by atoms with E-state index < -0.39 is 0 Å². The lowest BCUT2D eigenvalue weighted by Gasteiger charge is -2.07. The van der Waals surface area contributed by atoms with Crippen LogP contribution in [-0.4, -0.2) is 15.9 Å². The molecule has 0 saturated carbocycles. The SMILES string of the molecule is CC(=O)Nc1ncc(-c2ccccn2)cc1C. The van der Waals surface area contributed by atoms with Crippen molar-refractivity contribution in [3.63, 3.8) is 0 Å². The molecule has 1 N–H and O–H groups in total. The van der Waals surface area contributed by atoms with Crippen LogP contribution in [0.5, 0.6) is 0 Å². The molecule has 0 atom stereocenters. The van der Waals surface area contributed by atoms with Crippen molar-refractivity contribution in [3.8, 4) is 11.3 Å². The number of amides is 1. The van der Waals surface area contributed by atoms with Crippen LogP contribution in [0.4, 0.5) is 5.82 Å². The first-order valence-electron chi connectivity index (χ1n) is 5.32.